The normalized spacial score (nSPS) is 32.4. The number of rotatable bonds is 13. The van der Waals surface area contributed by atoms with Gasteiger partial charge in [0, 0.05) is 12.8 Å². The molecule has 1 aromatic heterocycles. The first-order valence-corrected chi connectivity index (χ1v) is 18.1. The number of esters is 1. The van der Waals surface area contributed by atoms with Crippen LogP contribution < -0.4 is 0 Å². The van der Waals surface area contributed by atoms with E-state index in [0.717, 1.165) is 68.3 Å². The molecular formula is C39H59NO6. The lowest BCUT2D eigenvalue weighted by Gasteiger charge is -2.44. The Balaban J connectivity index is 1.30. The average molecular weight is 638 g/mol. The van der Waals surface area contributed by atoms with E-state index in [9.17, 15) is 20.1 Å². The lowest BCUT2D eigenvalue weighted by atomic mass is 9.60. The number of aliphatic hydroxyl groups excluding tert-OH is 3. The number of aliphatic hydroxyl groups is 3. The van der Waals surface area contributed by atoms with E-state index in [4.69, 9.17) is 14.1 Å². The molecule has 4 saturated carbocycles. The largest absolute Gasteiger partial charge is 0.461 e. The molecule has 1 aromatic rings. The highest BCUT2D eigenvalue weighted by molar-refractivity contribution is 5.76. The van der Waals surface area contributed by atoms with E-state index in [1.165, 1.54) is 31.3 Å². The van der Waals surface area contributed by atoms with Gasteiger partial charge in [-0.05, 0) is 119 Å². The lowest BCUT2D eigenvalue weighted by molar-refractivity contribution is -0.164. The van der Waals surface area contributed by atoms with Crippen LogP contribution in [0.4, 0.5) is 0 Å². The minimum absolute atomic E-state index is 0.212. The molecule has 0 radical (unpaired) electrons. The van der Waals surface area contributed by atoms with E-state index in [0.29, 0.717) is 36.5 Å². The lowest BCUT2D eigenvalue weighted by Crippen LogP contribution is -2.39. The Hall–Kier alpha value is -2.22. The number of carbonyl (C=O) groups excluding carboxylic acids is 1. The number of oxazole rings is 1. The van der Waals surface area contributed by atoms with Gasteiger partial charge in [0.2, 0.25) is 5.89 Å². The number of ether oxygens (including phenoxy) is 1. The van der Waals surface area contributed by atoms with Gasteiger partial charge in [-0.15, -0.1) is 0 Å². The molecule has 0 spiro atoms. The Labute approximate surface area is 276 Å². The van der Waals surface area contributed by atoms with Crippen LogP contribution >= 0.6 is 0 Å². The van der Waals surface area contributed by atoms with Gasteiger partial charge in [-0.2, -0.15) is 0 Å². The van der Waals surface area contributed by atoms with Crippen LogP contribution in [0, 0.1) is 28.6 Å². The Morgan fingerprint density at radius 2 is 1.98 bits per heavy atom. The molecule has 0 amide bonds. The van der Waals surface area contributed by atoms with Gasteiger partial charge in [0.25, 0.3) is 0 Å². The molecule has 7 heteroatoms. The molecule has 5 rings (SSSR count). The molecule has 0 unspecified atom stereocenters. The number of aromatic nitrogens is 1. The third kappa shape index (κ3) is 7.12. The Kier molecular flexibility index (Phi) is 10.8. The summed E-state index contributed by atoms with van der Waals surface area (Å²) >= 11 is 0. The quantitative estimate of drug-likeness (QED) is 0.192. The van der Waals surface area contributed by atoms with Gasteiger partial charge in [-0.3, -0.25) is 4.79 Å². The fourth-order valence-corrected chi connectivity index (χ4v) is 8.91. The summed E-state index contributed by atoms with van der Waals surface area (Å²) in [6.07, 6.45) is 18.0. The molecular weight excluding hydrogens is 578 g/mol. The van der Waals surface area contributed by atoms with Crippen LogP contribution in [0.25, 0.3) is 0 Å². The monoisotopic (exact) mass is 637 g/mol. The Morgan fingerprint density at radius 1 is 1.22 bits per heavy atom. The third-order valence-corrected chi connectivity index (χ3v) is 12.2. The zero-order valence-corrected chi connectivity index (χ0v) is 29.0. The van der Waals surface area contributed by atoms with Crippen molar-refractivity contribution in [3.05, 3.63) is 53.3 Å². The number of allylic oxidation sites excluding steroid dienone is 3. The van der Waals surface area contributed by atoms with Crippen LogP contribution in [0.1, 0.15) is 130 Å². The summed E-state index contributed by atoms with van der Waals surface area (Å²) in [5.41, 5.74) is 2.07. The van der Waals surface area contributed by atoms with Crippen LogP contribution in [0.15, 0.2) is 46.1 Å². The molecule has 0 aliphatic heterocycles. The van der Waals surface area contributed by atoms with E-state index in [2.05, 4.69) is 39.5 Å². The van der Waals surface area contributed by atoms with Gasteiger partial charge < -0.3 is 24.5 Å². The summed E-state index contributed by atoms with van der Waals surface area (Å²) < 4.78 is 12.6. The number of nitrogens with zero attached hydrogens (tertiary/aromatic N) is 1. The van der Waals surface area contributed by atoms with Gasteiger partial charge >= 0.3 is 5.97 Å². The van der Waals surface area contributed by atoms with E-state index in [1.54, 1.807) is 13.8 Å². The summed E-state index contributed by atoms with van der Waals surface area (Å²) in [4.78, 5) is 18.0. The molecule has 3 N–H and O–H groups in total. The highest BCUT2D eigenvalue weighted by Gasteiger charge is 2.57. The van der Waals surface area contributed by atoms with Crippen molar-refractivity contribution in [2.45, 2.75) is 148 Å². The number of unbranched alkanes of at least 4 members (excludes halogenated alkanes) is 1. The number of aryl methyl sites for hydroxylation is 1. The molecule has 7 atom stereocenters. The smallest absolute Gasteiger partial charge is 0.314 e. The third-order valence-electron chi connectivity index (χ3n) is 12.2. The standard InChI is InChI=1S/C39H59NO6/c1-7-8-11-30-23-40-35(45-30)39(19-20-39)34(46-36(44)37(4,5)24-41)17-12-25(2)31-15-16-32-27(10-9-18-38(31,32)6)13-14-28-21-29(42)22-33(43)26(28)3/h13-14,23,25,29,31-34,41-43H,3,7-12,15-22,24H2,1-2,4-6H3/t25-,29-,31-,32+,33+,34+,38-/m1/s1. The molecule has 0 saturated heterocycles. The van der Waals surface area contributed by atoms with Gasteiger partial charge in [0.15, 0.2) is 0 Å². The molecule has 256 valence electrons. The van der Waals surface area contributed by atoms with Crippen molar-refractivity contribution in [3.8, 4) is 0 Å². The number of carbonyl (C=O) groups is 1. The first-order valence-electron chi connectivity index (χ1n) is 18.1. The fraction of sp³-hybridized carbons (Fsp3) is 0.744. The second kappa shape index (κ2) is 14.1. The SMILES string of the molecule is C=C1C(=CC=C2CCC[C@]3(C)[C@@H]([C@H](C)CC[C@H](OC(=O)C(C)(C)CO)C4(c5ncc(CCCC)o5)CC4)CC[C@@H]23)C[C@@H](O)C[C@@H]1O. The van der Waals surface area contributed by atoms with E-state index < -0.39 is 17.6 Å². The maximum absolute atomic E-state index is 13.3. The van der Waals surface area contributed by atoms with Gasteiger partial charge in [0.05, 0.1) is 35.8 Å². The topological polar surface area (TPSA) is 113 Å². The second-order valence-electron chi connectivity index (χ2n) is 16.0. The predicted molar refractivity (Wildman–Crippen MR) is 180 cm³/mol. The van der Waals surface area contributed by atoms with E-state index in [-0.39, 0.29) is 29.5 Å². The first-order chi connectivity index (χ1) is 21.8. The highest BCUT2D eigenvalue weighted by Crippen LogP contribution is 2.60. The van der Waals surface area contributed by atoms with Gasteiger partial charge in [-0.1, -0.05) is 51.5 Å². The molecule has 4 aliphatic rings. The number of hydrogen-bond acceptors (Lipinski definition) is 7. The molecule has 0 aromatic carbocycles. The van der Waals surface area contributed by atoms with Crippen LogP contribution in [-0.4, -0.2) is 51.2 Å². The minimum atomic E-state index is -0.963. The van der Waals surface area contributed by atoms with Crippen LogP contribution in [0.2, 0.25) is 0 Å². The van der Waals surface area contributed by atoms with Crippen molar-refractivity contribution in [1.29, 1.82) is 0 Å². The summed E-state index contributed by atoms with van der Waals surface area (Å²) in [7, 11) is 0. The predicted octanol–water partition coefficient (Wildman–Crippen LogP) is 7.54. The summed E-state index contributed by atoms with van der Waals surface area (Å²) in [5.74, 6) is 2.81. The molecule has 7 nitrogen and oxygen atoms in total. The maximum Gasteiger partial charge on any atom is 0.314 e. The van der Waals surface area contributed by atoms with Crippen molar-refractivity contribution >= 4 is 5.97 Å². The van der Waals surface area contributed by atoms with Crippen molar-refractivity contribution in [2.24, 2.45) is 28.6 Å². The maximum atomic E-state index is 13.3. The zero-order chi connectivity index (χ0) is 33.3. The first kappa shape index (κ1) is 35.1. The molecule has 4 aliphatic carbocycles. The van der Waals surface area contributed by atoms with E-state index in [1.807, 2.05) is 6.20 Å². The Bertz CT molecular complexity index is 1300. The van der Waals surface area contributed by atoms with Crippen LogP contribution in [0.5, 0.6) is 0 Å². The molecule has 1 heterocycles. The summed E-state index contributed by atoms with van der Waals surface area (Å²) in [6, 6.07) is 0. The zero-order valence-electron chi connectivity index (χ0n) is 29.0. The fourth-order valence-electron chi connectivity index (χ4n) is 8.91. The molecule has 46 heavy (non-hydrogen) atoms. The van der Waals surface area contributed by atoms with Crippen molar-refractivity contribution in [2.75, 3.05) is 6.61 Å². The minimum Gasteiger partial charge on any atom is -0.461 e. The van der Waals surface area contributed by atoms with Gasteiger partial charge in [0.1, 0.15) is 11.9 Å². The molecule has 0 bridgehead atoms. The highest BCUT2D eigenvalue weighted by atomic mass is 16.5. The van der Waals surface area contributed by atoms with Gasteiger partial charge in [-0.25, -0.2) is 4.98 Å². The molecule has 4 fully saturated rings. The van der Waals surface area contributed by atoms with Crippen LogP contribution in [-0.2, 0) is 21.4 Å². The van der Waals surface area contributed by atoms with Crippen molar-refractivity contribution < 1.29 is 29.3 Å². The Morgan fingerprint density at radius 3 is 2.67 bits per heavy atom. The average Bonchev–Trinajstić information content (AvgIpc) is 3.54. The van der Waals surface area contributed by atoms with E-state index >= 15 is 0 Å². The van der Waals surface area contributed by atoms with Crippen LogP contribution in [0.3, 0.4) is 0 Å². The van der Waals surface area contributed by atoms with Crippen molar-refractivity contribution in [1.82, 2.24) is 4.98 Å². The number of fused-ring (bicyclic) bond motifs is 1. The summed E-state index contributed by atoms with van der Waals surface area (Å²) in [5, 5.41) is 30.4. The number of hydrogen-bond donors (Lipinski definition) is 3. The van der Waals surface area contributed by atoms with Crippen molar-refractivity contribution in [3.63, 3.8) is 0 Å². The summed E-state index contributed by atoms with van der Waals surface area (Å²) in [6.45, 7) is 14.4. The second-order valence-corrected chi connectivity index (χ2v) is 16.0.